The SMILES string of the molecule is CN(Cc1cc(Cl)cc(Cl)c1)C(=O)c1n[nH]c2c1CNCC2. The highest BCUT2D eigenvalue weighted by molar-refractivity contribution is 6.34. The van der Waals surface area contributed by atoms with Gasteiger partial charge >= 0.3 is 0 Å². The van der Waals surface area contributed by atoms with Crippen molar-refractivity contribution in [2.45, 2.75) is 19.5 Å². The first-order valence-electron chi connectivity index (χ1n) is 7.02. The van der Waals surface area contributed by atoms with Crippen LogP contribution in [0.15, 0.2) is 18.2 Å². The number of amides is 1. The molecule has 2 aromatic rings. The number of H-pyrrole nitrogens is 1. The zero-order valence-corrected chi connectivity index (χ0v) is 13.6. The van der Waals surface area contributed by atoms with Gasteiger partial charge in [0.2, 0.25) is 0 Å². The predicted octanol–water partition coefficient (Wildman–Crippen LogP) is 2.63. The number of rotatable bonds is 3. The molecule has 0 bridgehead atoms. The van der Waals surface area contributed by atoms with Gasteiger partial charge in [0.25, 0.3) is 5.91 Å². The molecule has 5 nitrogen and oxygen atoms in total. The number of fused-ring (bicyclic) bond motifs is 1. The van der Waals surface area contributed by atoms with Crippen LogP contribution in [0.2, 0.25) is 10.0 Å². The number of aromatic nitrogens is 2. The summed E-state index contributed by atoms with van der Waals surface area (Å²) in [5.74, 6) is -0.114. The Kier molecular flexibility index (Phi) is 4.38. The molecule has 116 valence electrons. The number of hydrogen-bond donors (Lipinski definition) is 2. The number of nitrogens with zero attached hydrogens (tertiary/aromatic N) is 2. The van der Waals surface area contributed by atoms with Crippen molar-refractivity contribution in [1.82, 2.24) is 20.4 Å². The van der Waals surface area contributed by atoms with Crippen LogP contribution in [0.4, 0.5) is 0 Å². The van der Waals surface area contributed by atoms with Gasteiger partial charge in [-0.05, 0) is 23.8 Å². The number of hydrogen-bond acceptors (Lipinski definition) is 3. The molecule has 7 heteroatoms. The molecule has 0 radical (unpaired) electrons. The van der Waals surface area contributed by atoms with Crippen molar-refractivity contribution in [2.75, 3.05) is 13.6 Å². The van der Waals surface area contributed by atoms with Crippen LogP contribution in [0.1, 0.15) is 27.3 Å². The van der Waals surface area contributed by atoms with Crippen LogP contribution < -0.4 is 5.32 Å². The lowest BCUT2D eigenvalue weighted by molar-refractivity contribution is 0.0778. The van der Waals surface area contributed by atoms with Crippen LogP contribution in [-0.4, -0.2) is 34.6 Å². The first-order valence-corrected chi connectivity index (χ1v) is 7.77. The molecule has 1 aromatic carbocycles. The Balaban J connectivity index is 1.78. The Morgan fingerprint density at radius 2 is 2.05 bits per heavy atom. The van der Waals surface area contributed by atoms with Crippen LogP contribution in [0.25, 0.3) is 0 Å². The molecule has 0 saturated heterocycles. The molecule has 0 fully saturated rings. The number of aromatic amines is 1. The van der Waals surface area contributed by atoms with E-state index in [-0.39, 0.29) is 5.91 Å². The Morgan fingerprint density at radius 1 is 1.32 bits per heavy atom. The minimum Gasteiger partial charge on any atom is -0.336 e. The van der Waals surface area contributed by atoms with E-state index < -0.39 is 0 Å². The highest BCUT2D eigenvalue weighted by Crippen LogP contribution is 2.21. The van der Waals surface area contributed by atoms with E-state index in [0.29, 0.717) is 28.8 Å². The third-order valence-electron chi connectivity index (χ3n) is 3.70. The highest BCUT2D eigenvalue weighted by Gasteiger charge is 2.24. The van der Waals surface area contributed by atoms with Gasteiger partial charge in [-0.25, -0.2) is 0 Å². The summed E-state index contributed by atoms with van der Waals surface area (Å²) >= 11 is 12.0. The molecule has 1 aliphatic rings. The monoisotopic (exact) mass is 338 g/mol. The lowest BCUT2D eigenvalue weighted by Crippen LogP contribution is -2.30. The van der Waals surface area contributed by atoms with Crippen molar-refractivity contribution in [2.24, 2.45) is 0 Å². The van der Waals surface area contributed by atoms with Gasteiger partial charge in [0.1, 0.15) is 0 Å². The summed E-state index contributed by atoms with van der Waals surface area (Å²) in [4.78, 5) is 14.2. The Hall–Kier alpha value is -1.56. The summed E-state index contributed by atoms with van der Waals surface area (Å²) in [5, 5.41) is 11.5. The summed E-state index contributed by atoms with van der Waals surface area (Å²) < 4.78 is 0. The van der Waals surface area contributed by atoms with Gasteiger partial charge in [0, 0.05) is 54.4 Å². The number of benzene rings is 1. The number of halogens is 2. The number of nitrogens with one attached hydrogen (secondary N) is 2. The summed E-state index contributed by atoms with van der Waals surface area (Å²) in [6.07, 6.45) is 0.864. The van der Waals surface area contributed by atoms with E-state index in [0.717, 1.165) is 29.8 Å². The lowest BCUT2D eigenvalue weighted by atomic mass is 10.1. The number of carbonyl (C=O) groups excluding carboxylic acids is 1. The molecule has 0 aliphatic carbocycles. The standard InChI is InChI=1S/C15H16Cl2N4O/c1-21(8-9-4-10(16)6-11(17)5-9)15(22)14-12-7-18-3-2-13(12)19-20-14/h4-6,18H,2-3,7-8H2,1H3,(H,19,20). The topological polar surface area (TPSA) is 61.0 Å². The Labute approximate surface area is 138 Å². The second-order valence-electron chi connectivity index (χ2n) is 5.40. The third kappa shape index (κ3) is 3.11. The molecule has 0 saturated carbocycles. The maximum absolute atomic E-state index is 12.6. The van der Waals surface area contributed by atoms with Crippen LogP contribution in [0.3, 0.4) is 0 Å². The van der Waals surface area contributed by atoms with E-state index in [4.69, 9.17) is 23.2 Å². The zero-order chi connectivity index (χ0) is 15.7. The van der Waals surface area contributed by atoms with Gasteiger partial charge in [-0.3, -0.25) is 9.89 Å². The van der Waals surface area contributed by atoms with Crippen molar-refractivity contribution in [1.29, 1.82) is 0 Å². The van der Waals surface area contributed by atoms with Crippen LogP contribution in [-0.2, 0) is 19.5 Å². The molecule has 0 unspecified atom stereocenters. The Bertz CT molecular complexity index is 693. The molecule has 1 aliphatic heterocycles. The lowest BCUT2D eigenvalue weighted by Gasteiger charge is -2.18. The number of carbonyl (C=O) groups is 1. The summed E-state index contributed by atoms with van der Waals surface area (Å²) in [7, 11) is 1.74. The average Bonchev–Trinajstić information content (AvgIpc) is 2.89. The van der Waals surface area contributed by atoms with Gasteiger partial charge in [-0.1, -0.05) is 23.2 Å². The molecule has 1 aromatic heterocycles. The van der Waals surface area contributed by atoms with Crippen molar-refractivity contribution >= 4 is 29.1 Å². The summed E-state index contributed by atoms with van der Waals surface area (Å²) in [6.45, 7) is 2.00. The smallest absolute Gasteiger partial charge is 0.274 e. The van der Waals surface area contributed by atoms with E-state index in [9.17, 15) is 4.79 Å². The van der Waals surface area contributed by atoms with Crippen molar-refractivity contribution in [3.63, 3.8) is 0 Å². The summed E-state index contributed by atoms with van der Waals surface area (Å²) in [6, 6.07) is 5.28. The summed E-state index contributed by atoms with van der Waals surface area (Å²) in [5.41, 5.74) is 3.38. The van der Waals surface area contributed by atoms with Crippen molar-refractivity contribution in [3.05, 3.63) is 50.8 Å². The van der Waals surface area contributed by atoms with Gasteiger partial charge in [-0.2, -0.15) is 5.10 Å². The second-order valence-corrected chi connectivity index (χ2v) is 6.27. The van der Waals surface area contributed by atoms with E-state index in [2.05, 4.69) is 15.5 Å². The molecule has 2 N–H and O–H groups in total. The fourth-order valence-corrected chi connectivity index (χ4v) is 3.20. The molecule has 3 rings (SSSR count). The maximum Gasteiger partial charge on any atom is 0.274 e. The maximum atomic E-state index is 12.6. The molecular formula is C15H16Cl2N4O. The van der Waals surface area contributed by atoms with Crippen LogP contribution in [0, 0.1) is 0 Å². The minimum absolute atomic E-state index is 0.114. The van der Waals surface area contributed by atoms with Crippen molar-refractivity contribution < 1.29 is 4.79 Å². The first kappa shape index (κ1) is 15.3. The van der Waals surface area contributed by atoms with E-state index in [1.807, 2.05) is 0 Å². The molecule has 22 heavy (non-hydrogen) atoms. The van der Waals surface area contributed by atoms with Gasteiger partial charge in [-0.15, -0.1) is 0 Å². The van der Waals surface area contributed by atoms with Gasteiger partial charge in [0.15, 0.2) is 5.69 Å². The van der Waals surface area contributed by atoms with Gasteiger partial charge < -0.3 is 10.2 Å². The largest absolute Gasteiger partial charge is 0.336 e. The normalized spacial score (nSPS) is 13.8. The highest BCUT2D eigenvalue weighted by atomic mass is 35.5. The molecule has 0 spiro atoms. The van der Waals surface area contributed by atoms with Crippen LogP contribution in [0.5, 0.6) is 0 Å². The molecule has 0 atom stereocenters. The third-order valence-corrected chi connectivity index (χ3v) is 4.13. The van der Waals surface area contributed by atoms with E-state index >= 15 is 0 Å². The fourth-order valence-electron chi connectivity index (χ4n) is 2.63. The quantitative estimate of drug-likeness (QED) is 0.904. The van der Waals surface area contributed by atoms with Crippen molar-refractivity contribution in [3.8, 4) is 0 Å². The molecule has 2 heterocycles. The Morgan fingerprint density at radius 3 is 2.77 bits per heavy atom. The van der Waals surface area contributed by atoms with E-state index in [1.54, 1.807) is 30.1 Å². The predicted molar refractivity (Wildman–Crippen MR) is 86.3 cm³/mol. The second kappa shape index (κ2) is 6.28. The molecular weight excluding hydrogens is 323 g/mol. The van der Waals surface area contributed by atoms with E-state index in [1.165, 1.54) is 0 Å². The molecule has 1 amide bonds. The average molecular weight is 339 g/mol. The first-order chi connectivity index (χ1) is 10.5. The fraction of sp³-hybridized carbons (Fsp3) is 0.333. The minimum atomic E-state index is -0.114. The van der Waals surface area contributed by atoms with Gasteiger partial charge in [0.05, 0.1) is 0 Å². The van der Waals surface area contributed by atoms with Crippen LogP contribution >= 0.6 is 23.2 Å². The zero-order valence-electron chi connectivity index (χ0n) is 12.1.